The Bertz CT molecular complexity index is 349. The van der Waals surface area contributed by atoms with Crippen LogP contribution in [0, 0.1) is 0 Å². The van der Waals surface area contributed by atoms with Crippen molar-refractivity contribution in [3.8, 4) is 0 Å². The summed E-state index contributed by atoms with van der Waals surface area (Å²) in [5.41, 5.74) is 0. The first kappa shape index (κ1) is 13.7. The first-order valence-corrected chi connectivity index (χ1v) is 5.68. The van der Waals surface area contributed by atoms with Gasteiger partial charge in [0.1, 0.15) is 5.82 Å². The number of carbonyl (C=O) groups excluding carboxylic acids is 1. The van der Waals surface area contributed by atoms with Crippen molar-refractivity contribution in [1.82, 2.24) is 15.1 Å². The molecule has 0 saturated heterocycles. The molecule has 0 aromatic carbocycles. The average Bonchev–Trinajstić information content (AvgIpc) is 2.72. The van der Waals surface area contributed by atoms with Gasteiger partial charge in [-0.05, 0) is 13.8 Å². The Kier molecular flexibility index (Phi) is 5.65. The highest BCUT2D eigenvalue weighted by atomic mass is 16.5. The van der Waals surface area contributed by atoms with Crippen LogP contribution in [0.3, 0.4) is 0 Å². The van der Waals surface area contributed by atoms with E-state index < -0.39 is 0 Å². The highest BCUT2D eigenvalue weighted by Crippen LogP contribution is 2.12. The molecule has 96 valence electrons. The first-order chi connectivity index (χ1) is 8.15. The van der Waals surface area contributed by atoms with Gasteiger partial charge in [-0.3, -0.25) is 4.79 Å². The summed E-state index contributed by atoms with van der Waals surface area (Å²) in [6.07, 6.45) is 1.67. The molecule has 1 heterocycles. The van der Waals surface area contributed by atoms with E-state index in [9.17, 15) is 4.79 Å². The smallest absolute Gasteiger partial charge is 0.239 e. The zero-order valence-electron chi connectivity index (χ0n) is 10.6. The van der Waals surface area contributed by atoms with Crippen molar-refractivity contribution in [2.45, 2.75) is 19.9 Å². The molecule has 0 spiro atoms. The van der Waals surface area contributed by atoms with Crippen LogP contribution in [0.25, 0.3) is 0 Å². The van der Waals surface area contributed by atoms with Gasteiger partial charge in [0.25, 0.3) is 0 Å². The third-order valence-electron chi connectivity index (χ3n) is 2.20. The largest absolute Gasteiger partial charge is 0.383 e. The summed E-state index contributed by atoms with van der Waals surface area (Å²) in [7, 11) is 1.63. The summed E-state index contributed by atoms with van der Waals surface area (Å²) in [6.45, 7) is 5.55. The van der Waals surface area contributed by atoms with Crippen LogP contribution in [0.5, 0.6) is 0 Å². The minimum Gasteiger partial charge on any atom is -0.383 e. The number of hydrogen-bond donors (Lipinski definition) is 2. The van der Waals surface area contributed by atoms with Crippen LogP contribution in [0.2, 0.25) is 0 Å². The molecule has 0 radical (unpaired) electrons. The fourth-order valence-corrected chi connectivity index (χ4v) is 1.39. The number of anilines is 1. The lowest BCUT2D eigenvalue weighted by molar-refractivity contribution is -0.115. The number of nitrogens with one attached hydrogen (secondary N) is 2. The molecule has 1 aromatic heterocycles. The molecule has 0 bridgehead atoms. The molecule has 0 unspecified atom stereocenters. The number of amides is 1. The van der Waals surface area contributed by atoms with Gasteiger partial charge >= 0.3 is 0 Å². The molecule has 6 nitrogen and oxygen atoms in total. The van der Waals surface area contributed by atoms with E-state index in [1.54, 1.807) is 24.1 Å². The van der Waals surface area contributed by atoms with Crippen molar-refractivity contribution in [3.63, 3.8) is 0 Å². The Morgan fingerprint density at radius 3 is 3.00 bits per heavy atom. The van der Waals surface area contributed by atoms with E-state index in [0.717, 1.165) is 5.82 Å². The molecule has 0 atom stereocenters. The molecule has 0 aliphatic carbocycles. The number of aromatic nitrogens is 2. The summed E-state index contributed by atoms with van der Waals surface area (Å²) >= 11 is 0. The number of methoxy groups -OCH3 is 1. The van der Waals surface area contributed by atoms with Gasteiger partial charge in [0.05, 0.1) is 19.3 Å². The minimum atomic E-state index is -0.0801. The molecule has 17 heavy (non-hydrogen) atoms. The van der Waals surface area contributed by atoms with Crippen LogP contribution >= 0.6 is 0 Å². The highest BCUT2D eigenvalue weighted by Gasteiger charge is 2.08. The third-order valence-corrected chi connectivity index (χ3v) is 2.20. The lowest BCUT2D eigenvalue weighted by Crippen LogP contribution is -2.31. The molecule has 0 saturated carbocycles. The second-order valence-corrected chi connectivity index (χ2v) is 3.97. The number of carbonyl (C=O) groups is 1. The van der Waals surface area contributed by atoms with Crippen molar-refractivity contribution in [1.29, 1.82) is 0 Å². The molecule has 6 heteroatoms. The van der Waals surface area contributed by atoms with Gasteiger partial charge < -0.3 is 15.4 Å². The predicted molar refractivity (Wildman–Crippen MR) is 66.0 cm³/mol. The molecular formula is C11H20N4O2. The fourth-order valence-electron chi connectivity index (χ4n) is 1.39. The lowest BCUT2D eigenvalue weighted by atomic mass is 10.4. The quantitative estimate of drug-likeness (QED) is 0.686. The molecule has 1 rings (SSSR count). The van der Waals surface area contributed by atoms with Crippen LogP contribution < -0.4 is 10.6 Å². The second-order valence-electron chi connectivity index (χ2n) is 3.97. The number of hydrogen-bond acceptors (Lipinski definition) is 4. The topological polar surface area (TPSA) is 68.2 Å². The second kappa shape index (κ2) is 7.03. The van der Waals surface area contributed by atoms with E-state index in [1.807, 2.05) is 13.8 Å². The fraction of sp³-hybridized carbons (Fsp3) is 0.636. The number of nitrogens with zero attached hydrogens (tertiary/aromatic N) is 2. The minimum absolute atomic E-state index is 0.0801. The Balaban J connectivity index is 2.37. The van der Waals surface area contributed by atoms with Crippen molar-refractivity contribution >= 4 is 11.7 Å². The van der Waals surface area contributed by atoms with Gasteiger partial charge in [-0.15, -0.1) is 0 Å². The van der Waals surface area contributed by atoms with Crippen molar-refractivity contribution in [2.75, 3.05) is 32.1 Å². The molecule has 1 aromatic rings. The Morgan fingerprint density at radius 2 is 2.35 bits per heavy atom. The first-order valence-electron chi connectivity index (χ1n) is 5.68. The number of ether oxygens (including phenoxy) is 1. The van der Waals surface area contributed by atoms with Gasteiger partial charge in [-0.2, -0.15) is 5.10 Å². The maximum Gasteiger partial charge on any atom is 0.239 e. The van der Waals surface area contributed by atoms with Gasteiger partial charge in [0.15, 0.2) is 0 Å². The summed E-state index contributed by atoms with van der Waals surface area (Å²) in [5.74, 6) is 0.641. The molecule has 0 aliphatic heterocycles. The highest BCUT2D eigenvalue weighted by molar-refractivity contribution is 5.91. The lowest BCUT2D eigenvalue weighted by Gasteiger charge is -2.11. The van der Waals surface area contributed by atoms with Crippen LogP contribution in [0.15, 0.2) is 12.3 Å². The van der Waals surface area contributed by atoms with Crippen LogP contribution in [0.1, 0.15) is 19.9 Å². The Morgan fingerprint density at radius 1 is 1.59 bits per heavy atom. The van der Waals surface area contributed by atoms with E-state index >= 15 is 0 Å². The summed E-state index contributed by atoms with van der Waals surface area (Å²) in [4.78, 5) is 11.6. The van der Waals surface area contributed by atoms with Crippen molar-refractivity contribution in [2.24, 2.45) is 0 Å². The van der Waals surface area contributed by atoms with E-state index in [-0.39, 0.29) is 18.5 Å². The average molecular weight is 240 g/mol. The zero-order valence-corrected chi connectivity index (χ0v) is 10.6. The summed E-state index contributed by atoms with van der Waals surface area (Å²) < 4.78 is 6.64. The van der Waals surface area contributed by atoms with E-state index in [0.29, 0.717) is 13.2 Å². The van der Waals surface area contributed by atoms with Gasteiger partial charge in [0.2, 0.25) is 5.91 Å². The SMILES string of the molecule is COCCNCC(=O)Nc1ccnn1C(C)C. The molecule has 0 aliphatic rings. The van der Waals surface area contributed by atoms with E-state index in [2.05, 4.69) is 15.7 Å². The standard InChI is InChI=1S/C11H20N4O2/c1-9(2)15-10(4-5-13-15)14-11(16)8-12-6-7-17-3/h4-5,9,12H,6-8H2,1-3H3,(H,14,16). The molecular weight excluding hydrogens is 220 g/mol. The maximum atomic E-state index is 11.6. The summed E-state index contributed by atoms with van der Waals surface area (Å²) in [6, 6.07) is 2.01. The van der Waals surface area contributed by atoms with Gasteiger partial charge in [-0.25, -0.2) is 4.68 Å². The number of rotatable bonds is 7. The third kappa shape index (κ3) is 4.54. The molecule has 0 fully saturated rings. The Labute approximate surface area is 101 Å². The predicted octanol–water partition coefficient (Wildman–Crippen LogP) is 0.638. The van der Waals surface area contributed by atoms with E-state index in [4.69, 9.17) is 4.74 Å². The van der Waals surface area contributed by atoms with Crippen molar-refractivity contribution in [3.05, 3.63) is 12.3 Å². The van der Waals surface area contributed by atoms with Crippen molar-refractivity contribution < 1.29 is 9.53 Å². The molecule has 2 N–H and O–H groups in total. The molecule has 1 amide bonds. The zero-order chi connectivity index (χ0) is 12.7. The monoisotopic (exact) mass is 240 g/mol. The van der Waals surface area contributed by atoms with Crippen LogP contribution in [0.4, 0.5) is 5.82 Å². The van der Waals surface area contributed by atoms with Crippen LogP contribution in [-0.4, -0.2) is 42.5 Å². The van der Waals surface area contributed by atoms with Gasteiger partial charge in [-0.1, -0.05) is 0 Å². The Hall–Kier alpha value is -1.40. The maximum absolute atomic E-state index is 11.6. The van der Waals surface area contributed by atoms with E-state index in [1.165, 1.54) is 0 Å². The van der Waals surface area contributed by atoms with Gasteiger partial charge in [0, 0.05) is 25.8 Å². The normalized spacial score (nSPS) is 10.8. The van der Waals surface area contributed by atoms with Crippen LogP contribution in [-0.2, 0) is 9.53 Å². The summed E-state index contributed by atoms with van der Waals surface area (Å²) in [5, 5.41) is 9.93.